The zero-order valence-electron chi connectivity index (χ0n) is 10.8. The van der Waals surface area contributed by atoms with Crippen LogP contribution in [-0.2, 0) is 9.05 Å². The van der Waals surface area contributed by atoms with Crippen LogP contribution in [0.4, 0.5) is 0 Å². The molecule has 2 atom stereocenters. The first-order valence-electron chi connectivity index (χ1n) is 6.13. The number of likely N-dealkylation sites (tertiary alicyclic amines) is 1. The third kappa shape index (κ3) is 3.09. The van der Waals surface area contributed by atoms with Crippen molar-refractivity contribution in [1.82, 2.24) is 4.90 Å². The van der Waals surface area contributed by atoms with Crippen LogP contribution in [0, 0.1) is 11.8 Å². The van der Waals surface area contributed by atoms with Crippen LogP contribution >= 0.6 is 10.7 Å². The molecule has 1 aliphatic heterocycles. The first-order valence-corrected chi connectivity index (χ1v) is 8.44. The Morgan fingerprint density at radius 2 is 1.63 bits per heavy atom. The van der Waals surface area contributed by atoms with Crippen molar-refractivity contribution in [2.75, 3.05) is 13.1 Å². The molecule has 1 saturated heterocycles. The second-order valence-electron chi connectivity index (χ2n) is 5.13. The summed E-state index contributed by atoms with van der Waals surface area (Å²) in [5.41, 5.74) is 0.491. The summed E-state index contributed by atoms with van der Waals surface area (Å²) in [5.74, 6) is 0.924. The van der Waals surface area contributed by atoms with Crippen molar-refractivity contribution < 1.29 is 13.2 Å². The van der Waals surface area contributed by atoms with E-state index in [1.54, 1.807) is 4.90 Å². The van der Waals surface area contributed by atoms with Crippen molar-refractivity contribution in [3.63, 3.8) is 0 Å². The smallest absolute Gasteiger partial charge is 0.261 e. The lowest BCUT2D eigenvalue weighted by atomic mass is 10.0. The maximum Gasteiger partial charge on any atom is 0.261 e. The fourth-order valence-electron chi connectivity index (χ4n) is 2.24. The molecule has 1 aromatic rings. The van der Waals surface area contributed by atoms with Gasteiger partial charge in [-0.15, -0.1) is 0 Å². The maximum absolute atomic E-state index is 12.2. The van der Waals surface area contributed by atoms with E-state index >= 15 is 0 Å². The lowest BCUT2D eigenvalue weighted by Crippen LogP contribution is -2.28. The molecular weight excluding hydrogens is 286 g/mol. The zero-order valence-corrected chi connectivity index (χ0v) is 12.4. The van der Waals surface area contributed by atoms with E-state index < -0.39 is 9.05 Å². The van der Waals surface area contributed by atoms with Gasteiger partial charge in [0.25, 0.3) is 15.0 Å². The molecule has 0 aromatic heterocycles. The fraction of sp³-hybridized carbons (Fsp3) is 0.462. The van der Waals surface area contributed by atoms with Crippen molar-refractivity contribution in [2.24, 2.45) is 11.8 Å². The van der Waals surface area contributed by atoms with E-state index in [4.69, 9.17) is 10.7 Å². The molecule has 104 valence electrons. The number of nitrogens with zero attached hydrogens (tertiary/aromatic N) is 1. The molecule has 1 aromatic carbocycles. The Morgan fingerprint density at radius 3 is 2.05 bits per heavy atom. The standard InChI is InChI=1S/C13H16ClNO3S/c1-9-7-15(8-10(9)2)13(16)11-3-5-12(6-4-11)19(14,17)18/h3-6,9-10H,7-8H2,1-2H3. The Labute approximate surface area is 117 Å². The van der Waals surface area contributed by atoms with Gasteiger partial charge in [-0.3, -0.25) is 4.79 Å². The third-order valence-electron chi connectivity index (χ3n) is 3.66. The van der Waals surface area contributed by atoms with Gasteiger partial charge >= 0.3 is 0 Å². The third-order valence-corrected chi connectivity index (χ3v) is 5.03. The highest BCUT2D eigenvalue weighted by Gasteiger charge is 2.29. The van der Waals surface area contributed by atoms with Crippen LogP contribution < -0.4 is 0 Å². The number of carbonyl (C=O) groups excluding carboxylic acids is 1. The molecule has 1 aliphatic rings. The van der Waals surface area contributed by atoms with Gasteiger partial charge in [-0.05, 0) is 36.1 Å². The largest absolute Gasteiger partial charge is 0.338 e. The van der Waals surface area contributed by atoms with Crippen LogP contribution in [0.3, 0.4) is 0 Å². The molecule has 6 heteroatoms. The van der Waals surface area contributed by atoms with Gasteiger partial charge in [0.15, 0.2) is 0 Å². The Hall–Kier alpha value is -1.07. The summed E-state index contributed by atoms with van der Waals surface area (Å²) in [6.45, 7) is 5.74. The van der Waals surface area contributed by atoms with Crippen molar-refractivity contribution in [3.8, 4) is 0 Å². The van der Waals surface area contributed by atoms with Gasteiger partial charge in [0, 0.05) is 29.3 Å². The highest BCUT2D eigenvalue weighted by Crippen LogP contribution is 2.24. The molecule has 19 heavy (non-hydrogen) atoms. The molecule has 0 aliphatic carbocycles. The highest BCUT2D eigenvalue weighted by molar-refractivity contribution is 8.13. The SMILES string of the molecule is CC1CN(C(=O)c2ccc(S(=O)(=O)Cl)cc2)CC1C. The van der Waals surface area contributed by atoms with Gasteiger partial charge in [-0.1, -0.05) is 13.8 Å². The highest BCUT2D eigenvalue weighted by atomic mass is 35.7. The van der Waals surface area contributed by atoms with E-state index in [2.05, 4.69) is 13.8 Å². The molecule has 0 bridgehead atoms. The summed E-state index contributed by atoms with van der Waals surface area (Å²) in [6.07, 6.45) is 0. The molecule has 0 spiro atoms. The van der Waals surface area contributed by atoms with E-state index in [0.717, 1.165) is 13.1 Å². The first kappa shape index (κ1) is 14.3. The Bertz CT molecular complexity index is 572. The number of benzene rings is 1. The van der Waals surface area contributed by atoms with Gasteiger partial charge < -0.3 is 4.90 Å². The first-order chi connectivity index (χ1) is 8.79. The Kier molecular flexibility index (Phi) is 3.87. The molecule has 1 fully saturated rings. The lowest BCUT2D eigenvalue weighted by Gasteiger charge is -2.16. The average molecular weight is 302 g/mol. The summed E-state index contributed by atoms with van der Waals surface area (Å²) in [7, 11) is 1.50. The number of hydrogen-bond donors (Lipinski definition) is 0. The molecule has 0 N–H and O–H groups in total. The summed E-state index contributed by atoms with van der Waals surface area (Å²) in [4.78, 5) is 14.1. The lowest BCUT2D eigenvalue weighted by molar-refractivity contribution is 0.0785. The molecule has 1 amide bonds. The van der Waals surface area contributed by atoms with Crippen LogP contribution in [0.1, 0.15) is 24.2 Å². The van der Waals surface area contributed by atoms with E-state index in [1.165, 1.54) is 24.3 Å². The van der Waals surface area contributed by atoms with Gasteiger partial charge in [0.05, 0.1) is 4.90 Å². The minimum absolute atomic E-state index is 0.00822. The predicted octanol–water partition coefficient (Wildman–Crippen LogP) is 2.34. The van der Waals surface area contributed by atoms with Gasteiger partial charge in [0.2, 0.25) is 0 Å². The van der Waals surface area contributed by atoms with E-state index in [-0.39, 0.29) is 10.8 Å². The predicted molar refractivity (Wildman–Crippen MR) is 73.7 cm³/mol. The molecule has 1 heterocycles. The van der Waals surface area contributed by atoms with Crippen LogP contribution in [0.25, 0.3) is 0 Å². The minimum atomic E-state index is -3.73. The van der Waals surface area contributed by atoms with Gasteiger partial charge in [-0.25, -0.2) is 8.42 Å². The molecule has 2 unspecified atom stereocenters. The van der Waals surface area contributed by atoms with Crippen LogP contribution in [0.5, 0.6) is 0 Å². The fourth-order valence-corrected chi connectivity index (χ4v) is 3.01. The maximum atomic E-state index is 12.2. The zero-order chi connectivity index (χ0) is 14.2. The molecule has 0 radical (unpaired) electrons. The van der Waals surface area contributed by atoms with Crippen LogP contribution in [0.15, 0.2) is 29.2 Å². The van der Waals surface area contributed by atoms with Crippen molar-refractivity contribution in [2.45, 2.75) is 18.7 Å². The minimum Gasteiger partial charge on any atom is -0.338 e. The number of carbonyl (C=O) groups is 1. The topological polar surface area (TPSA) is 54.5 Å². The molecule has 4 nitrogen and oxygen atoms in total. The average Bonchev–Trinajstić information content (AvgIpc) is 2.68. The Morgan fingerprint density at radius 1 is 1.16 bits per heavy atom. The number of halogens is 1. The summed E-state index contributed by atoms with van der Waals surface area (Å²) < 4.78 is 22.3. The Balaban J connectivity index is 2.17. The summed E-state index contributed by atoms with van der Waals surface area (Å²) >= 11 is 0. The van der Waals surface area contributed by atoms with Crippen molar-refractivity contribution in [3.05, 3.63) is 29.8 Å². The summed E-state index contributed by atoms with van der Waals surface area (Å²) in [5, 5.41) is 0. The van der Waals surface area contributed by atoms with E-state index in [0.29, 0.717) is 17.4 Å². The second-order valence-corrected chi connectivity index (χ2v) is 7.69. The molecule has 0 saturated carbocycles. The quantitative estimate of drug-likeness (QED) is 0.788. The van der Waals surface area contributed by atoms with Crippen molar-refractivity contribution in [1.29, 1.82) is 0 Å². The number of amides is 1. The van der Waals surface area contributed by atoms with Crippen LogP contribution in [0.2, 0.25) is 0 Å². The van der Waals surface area contributed by atoms with E-state index in [9.17, 15) is 13.2 Å². The second kappa shape index (κ2) is 5.13. The monoisotopic (exact) mass is 301 g/mol. The van der Waals surface area contributed by atoms with Gasteiger partial charge in [-0.2, -0.15) is 0 Å². The van der Waals surface area contributed by atoms with Gasteiger partial charge in [0.1, 0.15) is 0 Å². The number of rotatable bonds is 2. The van der Waals surface area contributed by atoms with E-state index in [1.807, 2.05) is 0 Å². The molecule has 2 rings (SSSR count). The molecular formula is C13H16ClNO3S. The van der Waals surface area contributed by atoms with Crippen LogP contribution in [-0.4, -0.2) is 32.3 Å². The summed E-state index contributed by atoms with van der Waals surface area (Å²) in [6, 6.07) is 5.73. The van der Waals surface area contributed by atoms with Crippen molar-refractivity contribution >= 4 is 25.6 Å². The normalized spacial score (nSPS) is 23.6. The number of hydrogen-bond acceptors (Lipinski definition) is 3.